The number of esters is 2. The summed E-state index contributed by atoms with van der Waals surface area (Å²) in [4.78, 5) is 51.7. The van der Waals surface area contributed by atoms with Crippen molar-refractivity contribution < 1.29 is 28.7 Å². The number of urea groups is 1. The molecule has 0 bridgehead atoms. The molecule has 0 aliphatic carbocycles. The van der Waals surface area contributed by atoms with Crippen molar-refractivity contribution in [1.82, 2.24) is 10.2 Å². The van der Waals surface area contributed by atoms with Gasteiger partial charge in [0.15, 0.2) is 0 Å². The highest BCUT2D eigenvalue weighted by atomic mass is 32.2. The van der Waals surface area contributed by atoms with Gasteiger partial charge < -0.3 is 20.1 Å². The summed E-state index contributed by atoms with van der Waals surface area (Å²) in [7, 11) is 1.28. The van der Waals surface area contributed by atoms with Crippen molar-refractivity contribution in [2.75, 3.05) is 31.8 Å². The maximum absolute atomic E-state index is 12.9. The number of thioether (sulfide) groups is 1. The lowest BCUT2D eigenvalue weighted by molar-refractivity contribution is -0.136. The molecule has 10 heteroatoms. The molecule has 1 atom stereocenters. The van der Waals surface area contributed by atoms with Crippen LogP contribution in [0, 0.1) is 0 Å². The predicted molar refractivity (Wildman–Crippen MR) is 121 cm³/mol. The van der Waals surface area contributed by atoms with E-state index in [9.17, 15) is 19.2 Å². The van der Waals surface area contributed by atoms with Crippen LogP contribution in [0.2, 0.25) is 0 Å². The van der Waals surface area contributed by atoms with Crippen molar-refractivity contribution in [2.24, 2.45) is 0 Å². The van der Waals surface area contributed by atoms with E-state index in [0.29, 0.717) is 22.5 Å². The summed E-state index contributed by atoms with van der Waals surface area (Å²) < 4.78 is 9.84. The van der Waals surface area contributed by atoms with Gasteiger partial charge in [-0.05, 0) is 48.2 Å². The number of amides is 3. The number of ether oxygens (including phenoxy) is 2. The Kier molecular flexibility index (Phi) is 6.36. The van der Waals surface area contributed by atoms with Crippen LogP contribution in [0.4, 0.5) is 10.5 Å². The van der Waals surface area contributed by atoms with Crippen LogP contribution in [0.15, 0.2) is 64.7 Å². The molecule has 2 N–H and O–H groups in total. The molecule has 0 unspecified atom stereocenters. The number of nitrogens with one attached hydrogen (secondary N) is 2. The van der Waals surface area contributed by atoms with Gasteiger partial charge in [-0.1, -0.05) is 12.1 Å². The van der Waals surface area contributed by atoms with Crippen LogP contribution in [-0.4, -0.2) is 55.3 Å². The summed E-state index contributed by atoms with van der Waals surface area (Å²) in [6, 6.07) is 12.5. The Morgan fingerprint density at radius 3 is 2.48 bits per heavy atom. The van der Waals surface area contributed by atoms with Gasteiger partial charge in [0, 0.05) is 10.6 Å². The molecule has 33 heavy (non-hydrogen) atoms. The van der Waals surface area contributed by atoms with Gasteiger partial charge in [-0.2, -0.15) is 0 Å². The number of hydrogen-bond acceptors (Lipinski definition) is 7. The molecule has 3 amide bonds. The van der Waals surface area contributed by atoms with E-state index in [-0.39, 0.29) is 13.2 Å². The molecule has 0 radical (unpaired) electrons. The molecular formula is C23H21N3O6S. The minimum absolute atomic E-state index is 0.0813. The van der Waals surface area contributed by atoms with Crippen molar-refractivity contribution in [2.45, 2.75) is 10.9 Å². The smallest absolute Gasteiger partial charge is 0.338 e. The summed E-state index contributed by atoms with van der Waals surface area (Å²) >= 11 is 1.59. The number of methoxy groups -OCH3 is 1. The number of rotatable bonds is 6. The third-order valence-electron chi connectivity index (χ3n) is 5.34. The molecular weight excluding hydrogens is 446 g/mol. The molecule has 9 nitrogen and oxygen atoms in total. The molecule has 170 valence electrons. The minimum atomic E-state index is -0.649. The Bertz CT molecular complexity index is 1140. The second-order valence-electron chi connectivity index (χ2n) is 7.30. The standard InChI is InChI=1S/C23H21N3O6S/c1-31-21(28)14-3-7-15(8-4-14)24-18(27)11-26-17-12-32-22(29)19(17)20(25-23(26)30)13-5-9-16(33-2)10-6-13/h3-10,20H,11-12H2,1-2H3,(H,24,27)(H,25,30)/t20-/m0/s1. The van der Waals surface area contributed by atoms with Gasteiger partial charge in [-0.25, -0.2) is 14.4 Å². The van der Waals surface area contributed by atoms with Gasteiger partial charge in [0.05, 0.1) is 30.0 Å². The number of hydrogen-bond donors (Lipinski definition) is 2. The Morgan fingerprint density at radius 1 is 1.15 bits per heavy atom. The molecule has 4 rings (SSSR count). The summed E-state index contributed by atoms with van der Waals surface area (Å²) in [6.07, 6.45) is 1.96. The molecule has 2 aromatic rings. The fraction of sp³-hybridized carbons (Fsp3) is 0.217. The van der Waals surface area contributed by atoms with E-state index < -0.39 is 29.9 Å². The van der Waals surface area contributed by atoms with Crippen molar-refractivity contribution >= 4 is 41.3 Å². The quantitative estimate of drug-likeness (QED) is 0.496. The zero-order valence-corrected chi connectivity index (χ0v) is 18.7. The van der Waals surface area contributed by atoms with E-state index in [2.05, 4.69) is 15.4 Å². The summed E-state index contributed by atoms with van der Waals surface area (Å²) in [5.41, 5.74) is 2.24. The van der Waals surface area contributed by atoms with Gasteiger partial charge in [-0.15, -0.1) is 11.8 Å². The first kappa shape index (κ1) is 22.4. The molecule has 0 fully saturated rings. The highest BCUT2D eigenvalue weighted by Crippen LogP contribution is 2.35. The van der Waals surface area contributed by atoms with Gasteiger partial charge >= 0.3 is 18.0 Å². The van der Waals surface area contributed by atoms with Gasteiger partial charge in [0.1, 0.15) is 13.2 Å². The Labute approximate surface area is 194 Å². The lowest BCUT2D eigenvalue weighted by Gasteiger charge is -2.32. The maximum atomic E-state index is 12.9. The van der Waals surface area contributed by atoms with Crippen molar-refractivity contribution in [3.8, 4) is 0 Å². The molecule has 0 saturated carbocycles. The Hall–Kier alpha value is -3.79. The van der Waals surface area contributed by atoms with Crippen LogP contribution >= 0.6 is 11.8 Å². The normalized spacial score (nSPS) is 17.3. The fourth-order valence-corrected chi connectivity index (χ4v) is 4.08. The van der Waals surface area contributed by atoms with Crippen LogP contribution < -0.4 is 10.6 Å². The third kappa shape index (κ3) is 4.56. The highest BCUT2D eigenvalue weighted by Gasteiger charge is 2.42. The lowest BCUT2D eigenvalue weighted by atomic mass is 9.96. The zero-order chi connectivity index (χ0) is 23.5. The topological polar surface area (TPSA) is 114 Å². The average molecular weight is 468 g/mol. The minimum Gasteiger partial charge on any atom is -0.465 e. The van der Waals surface area contributed by atoms with E-state index in [0.717, 1.165) is 10.5 Å². The van der Waals surface area contributed by atoms with Crippen LogP contribution in [0.5, 0.6) is 0 Å². The Morgan fingerprint density at radius 2 is 1.85 bits per heavy atom. The zero-order valence-electron chi connectivity index (χ0n) is 17.9. The van der Waals surface area contributed by atoms with Crippen molar-refractivity contribution in [3.63, 3.8) is 0 Å². The first-order chi connectivity index (χ1) is 15.9. The predicted octanol–water partition coefficient (Wildman–Crippen LogP) is 2.71. The molecule has 2 aliphatic rings. The molecule has 0 saturated heterocycles. The van der Waals surface area contributed by atoms with Gasteiger partial charge in [-0.3, -0.25) is 9.69 Å². The number of cyclic esters (lactones) is 1. The third-order valence-corrected chi connectivity index (χ3v) is 6.08. The Balaban J connectivity index is 1.52. The van der Waals surface area contributed by atoms with E-state index in [4.69, 9.17) is 4.74 Å². The van der Waals surface area contributed by atoms with Crippen LogP contribution in [0.25, 0.3) is 0 Å². The van der Waals surface area contributed by atoms with Crippen molar-refractivity contribution in [3.05, 3.63) is 70.9 Å². The van der Waals surface area contributed by atoms with Crippen molar-refractivity contribution in [1.29, 1.82) is 0 Å². The van der Waals surface area contributed by atoms with Crippen LogP contribution in [0.1, 0.15) is 22.0 Å². The van der Waals surface area contributed by atoms with Gasteiger partial charge in [0.25, 0.3) is 0 Å². The molecule has 2 aromatic carbocycles. The summed E-state index contributed by atoms with van der Waals surface area (Å²) in [5, 5.41) is 5.48. The molecule has 0 aromatic heterocycles. The SMILES string of the molecule is COC(=O)c1ccc(NC(=O)CN2C(=O)N[C@@H](c3ccc(SC)cc3)C3=C2COC3=O)cc1. The van der Waals surface area contributed by atoms with Crippen LogP contribution in [-0.2, 0) is 19.1 Å². The number of benzene rings is 2. The first-order valence-corrected chi connectivity index (χ1v) is 11.2. The summed E-state index contributed by atoms with van der Waals surface area (Å²) in [6.45, 7) is -0.389. The van der Waals surface area contributed by atoms with Gasteiger partial charge in [0.2, 0.25) is 5.91 Å². The molecule has 0 spiro atoms. The molecule has 2 aliphatic heterocycles. The van der Waals surface area contributed by atoms with E-state index in [1.807, 2.05) is 30.5 Å². The number of carbonyl (C=O) groups is 4. The average Bonchev–Trinajstić information content (AvgIpc) is 3.22. The van der Waals surface area contributed by atoms with Crippen LogP contribution in [0.3, 0.4) is 0 Å². The van der Waals surface area contributed by atoms with E-state index in [1.165, 1.54) is 24.1 Å². The summed E-state index contributed by atoms with van der Waals surface area (Å²) in [5.74, 6) is -1.47. The highest BCUT2D eigenvalue weighted by molar-refractivity contribution is 7.98. The second kappa shape index (κ2) is 9.37. The van der Waals surface area contributed by atoms with E-state index in [1.54, 1.807) is 23.9 Å². The van der Waals surface area contributed by atoms with E-state index >= 15 is 0 Å². The maximum Gasteiger partial charge on any atom is 0.338 e. The number of carbonyl (C=O) groups excluding carboxylic acids is 4. The monoisotopic (exact) mass is 467 g/mol. The number of anilines is 1. The largest absolute Gasteiger partial charge is 0.465 e. The first-order valence-electron chi connectivity index (χ1n) is 10.0. The number of nitrogens with zero attached hydrogens (tertiary/aromatic N) is 1. The second-order valence-corrected chi connectivity index (χ2v) is 8.18. The lowest BCUT2D eigenvalue weighted by Crippen LogP contribution is -2.49. The molecule has 2 heterocycles. The fourth-order valence-electron chi connectivity index (χ4n) is 3.68.